The van der Waals surface area contributed by atoms with Crippen LogP contribution in [0, 0.1) is 0 Å². The van der Waals surface area contributed by atoms with Crippen molar-refractivity contribution < 1.29 is 0 Å². The summed E-state index contributed by atoms with van der Waals surface area (Å²) in [7, 11) is 0. The summed E-state index contributed by atoms with van der Waals surface area (Å²) in [6.07, 6.45) is 0.872. The Morgan fingerprint density at radius 2 is 1.84 bits per heavy atom. The summed E-state index contributed by atoms with van der Waals surface area (Å²) in [5, 5.41) is 4.21. The summed E-state index contributed by atoms with van der Waals surface area (Å²) in [4.78, 5) is 0. The van der Waals surface area contributed by atoms with Crippen LogP contribution in [-0.2, 0) is 6.42 Å². The first-order valence-electron chi connectivity index (χ1n) is 6.39. The first-order chi connectivity index (χ1) is 9.11. The van der Waals surface area contributed by atoms with E-state index in [0.29, 0.717) is 6.54 Å². The Kier molecular flexibility index (Phi) is 4.46. The lowest BCUT2D eigenvalue weighted by atomic mass is 9.92. The van der Waals surface area contributed by atoms with Gasteiger partial charge < -0.3 is 11.1 Å². The van der Waals surface area contributed by atoms with E-state index in [-0.39, 0.29) is 5.54 Å². The van der Waals surface area contributed by atoms with Gasteiger partial charge in [-0.15, -0.1) is 0 Å². The van der Waals surface area contributed by atoms with Gasteiger partial charge in [-0.05, 0) is 37.1 Å². The van der Waals surface area contributed by atoms with E-state index in [0.717, 1.165) is 17.1 Å². The molecule has 0 aliphatic rings. The van der Waals surface area contributed by atoms with Gasteiger partial charge in [-0.3, -0.25) is 0 Å². The molecule has 2 nitrogen and oxygen atoms in total. The molecule has 0 aliphatic heterocycles. The van der Waals surface area contributed by atoms with Crippen LogP contribution in [0.25, 0.3) is 0 Å². The van der Waals surface area contributed by atoms with Crippen LogP contribution in [0.15, 0.2) is 54.6 Å². The van der Waals surface area contributed by atoms with Crippen molar-refractivity contribution in [3.8, 4) is 0 Å². The third-order valence-corrected chi connectivity index (χ3v) is 3.39. The van der Waals surface area contributed by atoms with E-state index in [1.54, 1.807) is 0 Å². The monoisotopic (exact) mass is 274 g/mol. The summed E-state index contributed by atoms with van der Waals surface area (Å²) in [6, 6.07) is 18.1. The lowest BCUT2D eigenvalue weighted by molar-refractivity contribution is 0.521. The van der Waals surface area contributed by atoms with Gasteiger partial charge in [0.1, 0.15) is 0 Å². The highest BCUT2D eigenvalue weighted by atomic mass is 35.5. The van der Waals surface area contributed by atoms with Crippen LogP contribution in [0.2, 0.25) is 5.02 Å². The predicted molar refractivity (Wildman–Crippen MR) is 82.7 cm³/mol. The summed E-state index contributed by atoms with van der Waals surface area (Å²) < 4.78 is 0. The molecule has 2 aromatic rings. The predicted octanol–water partition coefficient (Wildman–Crippen LogP) is 3.71. The van der Waals surface area contributed by atoms with E-state index in [1.807, 2.05) is 42.5 Å². The van der Waals surface area contributed by atoms with Crippen LogP contribution < -0.4 is 11.1 Å². The molecule has 0 saturated carbocycles. The van der Waals surface area contributed by atoms with Crippen molar-refractivity contribution in [3.63, 3.8) is 0 Å². The van der Waals surface area contributed by atoms with Crippen molar-refractivity contribution in [2.75, 3.05) is 11.9 Å². The molecular formula is C16H19ClN2. The number of halogens is 1. The van der Waals surface area contributed by atoms with Crippen LogP contribution in [-0.4, -0.2) is 12.1 Å². The average Bonchev–Trinajstić information content (AvgIpc) is 2.40. The first-order valence-corrected chi connectivity index (χ1v) is 6.77. The fourth-order valence-corrected chi connectivity index (χ4v) is 2.32. The van der Waals surface area contributed by atoms with E-state index in [4.69, 9.17) is 17.3 Å². The smallest absolute Gasteiger partial charge is 0.0507 e. The number of anilines is 1. The Morgan fingerprint density at radius 1 is 1.11 bits per heavy atom. The van der Waals surface area contributed by atoms with Crippen molar-refractivity contribution in [3.05, 3.63) is 65.2 Å². The van der Waals surface area contributed by atoms with E-state index < -0.39 is 0 Å². The molecule has 0 bridgehead atoms. The Bertz CT molecular complexity index is 527. The number of nitrogens with two attached hydrogens (primary N) is 1. The topological polar surface area (TPSA) is 38.0 Å². The van der Waals surface area contributed by atoms with Gasteiger partial charge in [0.25, 0.3) is 0 Å². The summed E-state index contributed by atoms with van der Waals surface area (Å²) in [5.41, 5.74) is 8.02. The molecule has 19 heavy (non-hydrogen) atoms. The van der Waals surface area contributed by atoms with Gasteiger partial charge in [0.2, 0.25) is 0 Å². The van der Waals surface area contributed by atoms with Crippen molar-refractivity contribution in [1.82, 2.24) is 0 Å². The van der Waals surface area contributed by atoms with Crippen LogP contribution >= 0.6 is 11.6 Å². The van der Waals surface area contributed by atoms with Gasteiger partial charge in [-0.2, -0.15) is 0 Å². The lowest BCUT2D eigenvalue weighted by Gasteiger charge is -2.31. The summed E-state index contributed by atoms with van der Waals surface area (Å²) in [6.45, 7) is 2.68. The zero-order chi connectivity index (χ0) is 13.7. The minimum Gasteiger partial charge on any atom is -0.378 e. The van der Waals surface area contributed by atoms with Gasteiger partial charge in [0.05, 0.1) is 5.54 Å². The summed E-state index contributed by atoms with van der Waals surface area (Å²) in [5.74, 6) is 0. The molecule has 0 aromatic heterocycles. The van der Waals surface area contributed by atoms with E-state index >= 15 is 0 Å². The first kappa shape index (κ1) is 13.9. The van der Waals surface area contributed by atoms with Crippen LogP contribution in [0.5, 0.6) is 0 Å². The molecule has 1 unspecified atom stereocenters. The van der Waals surface area contributed by atoms with Gasteiger partial charge in [-0.1, -0.05) is 48.0 Å². The second-order valence-electron chi connectivity index (χ2n) is 5.06. The van der Waals surface area contributed by atoms with Crippen LogP contribution in [0.1, 0.15) is 12.5 Å². The Labute approximate surface area is 119 Å². The molecule has 0 heterocycles. The van der Waals surface area contributed by atoms with E-state index in [2.05, 4.69) is 24.4 Å². The highest BCUT2D eigenvalue weighted by Gasteiger charge is 2.22. The molecule has 3 heteroatoms. The third-order valence-electron chi connectivity index (χ3n) is 3.16. The van der Waals surface area contributed by atoms with Crippen LogP contribution in [0.3, 0.4) is 0 Å². The SMILES string of the molecule is CC(CN)(Cc1ccccc1)Nc1cccc(Cl)c1. The molecule has 0 amide bonds. The maximum atomic E-state index is 6.01. The number of benzene rings is 2. The standard InChI is InChI=1S/C16H19ClN2/c1-16(12-18,11-13-6-3-2-4-7-13)19-15-9-5-8-14(17)10-15/h2-10,19H,11-12,18H2,1H3. The Hall–Kier alpha value is -1.51. The maximum absolute atomic E-state index is 6.01. The molecule has 2 rings (SSSR count). The molecule has 2 aromatic carbocycles. The van der Waals surface area contributed by atoms with E-state index in [9.17, 15) is 0 Å². The normalized spacial score (nSPS) is 13.8. The van der Waals surface area contributed by atoms with Crippen molar-refractivity contribution >= 4 is 17.3 Å². The molecule has 0 radical (unpaired) electrons. The van der Waals surface area contributed by atoms with Gasteiger partial charge in [-0.25, -0.2) is 0 Å². The fraction of sp³-hybridized carbons (Fsp3) is 0.250. The van der Waals surface area contributed by atoms with Crippen LogP contribution in [0.4, 0.5) is 5.69 Å². The second kappa shape index (κ2) is 6.09. The fourth-order valence-electron chi connectivity index (χ4n) is 2.13. The zero-order valence-corrected chi connectivity index (χ0v) is 11.8. The quantitative estimate of drug-likeness (QED) is 0.872. The number of nitrogens with one attached hydrogen (secondary N) is 1. The lowest BCUT2D eigenvalue weighted by Crippen LogP contribution is -2.44. The Morgan fingerprint density at radius 3 is 2.47 bits per heavy atom. The maximum Gasteiger partial charge on any atom is 0.0507 e. The van der Waals surface area contributed by atoms with Gasteiger partial charge >= 0.3 is 0 Å². The zero-order valence-electron chi connectivity index (χ0n) is 11.1. The number of rotatable bonds is 5. The molecular weight excluding hydrogens is 256 g/mol. The molecule has 0 fully saturated rings. The Balaban J connectivity index is 2.14. The average molecular weight is 275 g/mol. The molecule has 0 aliphatic carbocycles. The largest absolute Gasteiger partial charge is 0.378 e. The van der Waals surface area contributed by atoms with Crippen molar-refractivity contribution in [2.24, 2.45) is 5.73 Å². The number of hydrogen-bond donors (Lipinski definition) is 2. The highest BCUT2D eigenvalue weighted by molar-refractivity contribution is 6.30. The van der Waals surface area contributed by atoms with E-state index in [1.165, 1.54) is 5.56 Å². The van der Waals surface area contributed by atoms with Crippen molar-refractivity contribution in [1.29, 1.82) is 0 Å². The second-order valence-corrected chi connectivity index (χ2v) is 5.50. The minimum atomic E-state index is -0.188. The highest BCUT2D eigenvalue weighted by Crippen LogP contribution is 2.21. The molecule has 0 saturated heterocycles. The van der Waals surface area contributed by atoms with Gasteiger partial charge in [0, 0.05) is 17.3 Å². The molecule has 100 valence electrons. The molecule has 0 spiro atoms. The molecule has 3 N–H and O–H groups in total. The van der Waals surface area contributed by atoms with Crippen molar-refractivity contribution in [2.45, 2.75) is 18.9 Å². The molecule has 1 atom stereocenters. The van der Waals surface area contributed by atoms with Gasteiger partial charge in [0.15, 0.2) is 0 Å². The minimum absolute atomic E-state index is 0.188. The third kappa shape index (κ3) is 3.98. The number of hydrogen-bond acceptors (Lipinski definition) is 2. The summed E-state index contributed by atoms with van der Waals surface area (Å²) >= 11 is 6.01.